The Morgan fingerprint density at radius 2 is 2.31 bits per heavy atom. The first-order valence-electron chi connectivity index (χ1n) is 6.20. The van der Waals surface area contributed by atoms with Crippen molar-refractivity contribution in [3.63, 3.8) is 0 Å². The number of nitrogens with zero attached hydrogens (tertiary/aromatic N) is 3. The Hall–Kier alpha value is -0.900. The third-order valence-electron chi connectivity index (χ3n) is 3.58. The van der Waals surface area contributed by atoms with Crippen LogP contribution in [0.25, 0.3) is 0 Å². The topological polar surface area (TPSA) is 42.7 Å². The molecule has 0 bridgehead atoms. The Morgan fingerprint density at radius 1 is 1.56 bits per heavy atom. The molecule has 0 amide bonds. The smallest absolute Gasteiger partial charge is 0.0833 e. The summed E-state index contributed by atoms with van der Waals surface area (Å²) in [6.07, 6.45) is 5.83. The highest BCUT2D eigenvalue weighted by Gasteiger charge is 2.41. The van der Waals surface area contributed by atoms with Crippen molar-refractivity contribution in [1.82, 2.24) is 20.3 Å². The van der Waals surface area contributed by atoms with Crippen molar-refractivity contribution in [3.8, 4) is 0 Å². The number of aryl methyl sites for hydroxylation is 1. The third-order valence-corrected chi connectivity index (χ3v) is 3.58. The maximum atomic E-state index is 4.20. The average molecular weight is 222 g/mol. The molecule has 1 fully saturated rings. The van der Waals surface area contributed by atoms with Gasteiger partial charge in [-0.2, -0.15) is 0 Å². The van der Waals surface area contributed by atoms with E-state index in [2.05, 4.69) is 29.5 Å². The average Bonchev–Trinajstić information content (AvgIpc) is 3.02. The molecule has 1 saturated carbocycles. The van der Waals surface area contributed by atoms with Crippen molar-refractivity contribution in [1.29, 1.82) is 0 Å². The predicted octanol–water partition coefficient (Wildman–Crippen LogP) is 1.38. The van der Waals surface area contributed by atoms with E-state index in [-0.39, 0.29) is 0 Å². The third kappa shape index (κ3) is 2.61. The molecule has 1 aromatic rings. The first kappa shape index (κ1) is 11.6. The van der Waals surface area contributed by atoms with Crippen LogP contribution in [0.4, 0.5) is 0 Å². The van der Waals surface area contributed by atoms with Gasteiger partial charge >= 0.3 is 0 Å². The van der Waals surface area contributed by atoms with Gasteiger partial charge in [0.15, 0.2) is 0 Å². The summed E-state index contributed by atoms with van der Waals surface area (Å²) in [6.45, 7) is 6.67. The van der Waals surface area contributed by atoms with E-state index in [1.165, 1.54) is 12.8 Å². The van der Waals surface area contributed by atoms with Gasteiger partial charge < -0.3 is 5.32 Å². The lowest BCUT2D eigenvalue weighted by atomic mass is 9.80. The largest absolute Gasteiger partial charge is 0.316 e. The van der Waals surface area contributed by atoms with Crippen LogP contribution in [0.15, 0.2) is 6.20 Å². The highest BCUT2D eigenvalue weighted by Crippen LogP contribution is 2.46. The van der Waals surface area contributed by atoms with E-state index in [0.29, 0.717) is 5.41 Å². The molecule has 0 saturated heterocycles. The van der Waals surface area contributed by atoms with E-state index in [9.17, 15) is 0 Å². The molecule has 2 rings (SSSR count). The molecule has 90 valence electrons. The van der Waals surface area contributed by atoms with Crippen molar-refractivity contribution < 1.29 is 0 Å². The normalized spacial score (nSPS) is 19.7. The molecule has 0 radical (unpaired) electrons. The molecular weight excluding hydrogens is 200 g/mol. The summed E-state index contributed by atoms with van der Waals surface area (Å²) in [5, 5.41) is 11.7. The van der Waals surface area contributed by atoms with Gasteiger partial charge in [-0.05, 0) is 37.1 Å². The second-order valence-corrected chi connectivity index (χ2v) is 5.27. The summed E-state index contributed by atoms with van der Waals surface area (Å²) < 4.78 is 1.79. The second kappa shape index (κ2) is 4.53. The van der Waals surface area contributed by atoms with E-state index in [1.807, 2.05) is 13.2 Å². The van der Waals surface area contributed by atoms with Gasteiger partial charge in [-0.15, -0.1) is 5.10 Å². The lowest BCUT2D eigenvalue weighted by Gasteiger charge is -2.29. The Labute approximate surface area is 97.4 Å². The van der Waals surface area contributed by atoms with Gasteiger partial charge in [0.1, 0.15) is 0 Å². The summed E-state index contributed by atoms with van der Waals surface area (Å²) >= 11 is 0. The zero-order valence-corrected chi connectivity index (χ0v) is 10.5. The molecule has 1 heterocycles. The van der Waals surface area contributed by atoms with Crippen LogP contribution in [-0.4, -0.2) is 28.1 Å². The summed E-state index contributed by atoms with van der Waals surface area (Å²) in [7, 11) is 1.93. The molecule has 1 aliphatic carbocycles. The maximum absolute atomic E-state index is 4.20. The van der Waals surface area contributed by atoms with E-state index in [0.717, 1.165) is 31.1 Å². The van der Waals surface area contributed by atoms with Gasteiger partial charge in [-0.25, -0.2) is 0 Å². The van der Waals surface area contributed by atoms with Crippen molar-refractivity contribution in [2.45, 2.75) is 33.1 Å². The van der Waals surface area contributed by atoms with E-state index < -0.39 is 0 Å². The summed E-state index contributed by atoms with van der Waals surface area (Å²) in [5.41, 5.74) is 1.47. The number of hydrogen-bond donors (Lipinski definition) is 1. The molecule has 1 N–H and O–H groups in total. The molecule has 0 aliphatic heterocycles. The highest BCUT2D eigenvalue weighted by molar-refractivity contribution is 5.03. The van der Waals surface area contributed by atoms with Crippen LogP contribution in [0, 0.1) is 11.3 Å². The molecular formula is C12H22N4. The van der Waals surface area contributed by atoms with Crippen LogP contribution >= 0.6 is 0 Å². The Balaban J connectivity index is 2.01. The quantitative estimate of drug-likeness (QED) is 0.791. The molecule has 1 aromatic heterocycles. The maximum Gasteiger partial charge on any atom is 0.0833 e. The van der Waals surface area contributed by atoms with Gasteiger partial charge in [-0.1, -0.05) is 19.1 Å². The summed E-state index contributed by atoms with van der Waals surface area (Å²) in [5.74, 6) is 0.869. The summed E-state index contributed by atoms with van der Waals surface area (Å²) in [6, 6.07) is 0. The molecule has 1 aliphatic rings. The Bertz CT molecular complexity index is 343. The Morgan fingerprint density at radius 3 is 2.81 bits per heavy atom. The van der Waals surface area contributed by atoms with Gasteiger partial charge in [0, 0.05) is 19.8 Å². The predicted molar refractivity (Wildman–Crippen MR) is 64.1 cm³/mol. The van der Waals surface area contributed by atoms with Crippen LogP contribution in [0.5, 0.6) is 0 Å². The van der Waals surface area contributed by atoms with Gasteiger partial charge in [0.25, 0.3) is 0 Å². The van der Waals surface area contributed by atoms with Crippen molar-refractivity contribution in [2.75, 3.05) is 13.1 Å². The van der Waals surface area contributed by atoms with Crippen LogP contribution in [0.1, 0.15) is 32.4 Å². The van der Waals surface area contributed by atoms with E-state index >= 15 is 0 Å². The van der Waals surface area contributed by atoms with Crippen LogP contribution < -0.4 is 5.32 Å². The summed E-state index contributed by atoms with van der Waals surface area (Å²) in [4.78, 5) is 0. The molecule has 1 unspecified atom stereocenters. The van der Waals surface area contributed by atoms with Crippen LogP contribution in [-0.2, 0) is 13.5 Å². The fourth-order valence-corrected chi connectivity index (χ4v) is 2.43. The van der Waals surface area contributed by atoms with Gasteiger partial charge in [0.2, 0.25) is 0 Å². The minimum Gasteiger partial charge on any atom is -0.316 e. The van der Waals surface area contributed by atoms with Crippen LogP contribution in [0.3, 0.4) is 0 Å². The number of hydrogen-bond acceptors (Lipinski definition) is 3. The zero-order chi connectivity index (χ0) is 11.6. The SMILES string of the molecule is CCNCC(C)(Cc1cn(C)nn1)C1CC1. The van der Waals surface area contributed by atoms with Crippen molar-refractivity contribution in [2.24, 2.45) is 18.4 Å². The molecule has 4 heteroatoms. The van der Waals surface area contributed by atoms with Gasteiger partial charge in [-0.3, -0.25) is 4.68 Å². The van der Waals surface area contributed by atoms with Gasteiger partial charge in [0.05, 0.1) is 5.69 Å². The Kier molecular flexibility index (Phi) is 3.28. The highest BCUT2D eigenvalue weighted by atomic mass is 15.4. The van der Waals surface area contributed by atoms with Crippen molar-refractivity contribution >= 4 is 0 Å². The first-order valence-corrected chi connectivity index (χ1v) is 6.20. The molecule has 0 aromatic carbocycles. The van der Waals surface area contributed by atoms with Crippen LogP contribution in [0.2, 0.25) is 0 Å². The molecule has 0 spiro atoms. The van der Waals surface area contributed by atoms with E-state index in [1.54, 1.807) is 4.68 Å². The fourth-order valence-electron chi connectivity index (χ4n) is 2.43. The molecule has 4 nitrogen and oxygen atoms in total. The molecule has 1 atom stereocenters. The van der Waals surface area contributed by atoms with E-state index in [4.69, 9.17) is 0 Å². The number of aromatic nitrogens is 3. The first-order chi connectivity index (χ1) is 7.64. The minimum atomic E-state index is 0.353. The standard InChI is InChI=1S/C12H22N4/c1-4-13-9-12(2,10-5-6-10)7-11-8-16(3)15-14-11/h8,10,13H,4-7,9H2,1-3H3. The zero-order valence-electron chi connectivity index (χ0n) is 10.5. The second-order valence-electron chi connectivity index (χ2n) is 5.27. The number of rotatable bonds is 6. The number of nitrogens with one attached hydrogen (secondary N) is 1. The molecule has 16 heavy (non-hydrogen) atoms. The fraction of sp³-hybridized carbons (Fsp3) is 0.833. The van der Waals surface area contributed by atoms with Crippen molar-refractivity contribution in [3.05, 3.63) is 11.9 Å². The monoisotopic (exact) mass is 222 g/mol. The minimum absolute atomic E-state index is 0.353. The lowest BCUT2D eigenvalue weighted by molar-refractivity contribution is 0.255. The lowest BCUT2D eigenvalue weighted by Crippen LogP contribution is -2.35.